The molecule has 2 saturated heterocycles. The van der Waals surface area contributed by atoms with Crippen LogP contribution in [0.2, 0.25) is 0 Å². The fourth-order valence-corrected chi connectivity index (χ4v) is 4.78. The van der Waals surface area contributed by atoms with Crippen LogP contribution in [0.15, 0.2) is 29.2 Å². The Morgan fingerprint density at radius 1 is 1.19 bits per heavy atom. The highest BCUT2D eigenvalue weighted by Gasteiger charge is 2.38. The van der Waals surface area contributed by atoms with Gasteiger partial charge in [0.1, 0.15) is 5.75 Å². The van der Waals surface area contributed by atoms with Gasteiger partial charge in [-0.25, -0.2) is 13.2 Å². The first-order valence-corrected chi connectivity index (χ1v) is 10.2. The fraction of sp³-hybridized carbons (Fsp3) is 0.529. The number of nitrogens with one attached hydrogen (secondary N) is 1. The molecular formula is C17H23N3O6S. The molecule has 1 aromatic rings. The van der Waals surface area contributed by atoms with Gasteiger partial charge in [-0.05, 0) is 37.1 Å². The van der Waals surface area contributed by atoms with Crippen molar-refractivity contribution in [1.82, 2.24) is 14.5 Å². The maximum atomic E-state index is 12.6. The van der Waals surface area contributed by atoms with Gasteiger partial charge in [-0.1, -0.05) is 0 Å². The second kappa shape index (κ2) is 7.73. The molecule has 2 fully saturated rings. The van der Waals surface area contributed by atoms with Crippen LogP contribution < -0.4 is 10.1 Å². The van der Waals surface area contributed by atoms with Crippen LogP contribution >= 0.6 is 0 Å². The number of sulfonamides is 1. The van der Waals surface area contributed by atoms with E-state index in [0.717, 1.165) is 0 Å². The first-order chi connectivity index (χ1) is 12.8. The summed E-state index contributed by atoms with van der Waals surface area (Å²) in [5.41, 5.74) is 0. The zero-order valence-corrected chi connectivity index (χ0v) is 15.8. The Morgan fingerprint density at radius 3 is 2.44 bits per heavy atom. The zero-order chi connectivity index (χ0) is 19.6. The molecule has 10 heteroatoms. The summed E-state index contributed by atoms with van der Waals surface area (Å²) in [5, 5.41) is 11.9. The van der Waals surface area contributed by atoms with Crippen LogP contribution in [0.3, 0.4) is 0 Å². The highest BCUT2D eigenvalue weighted by molar-refractivity contribution is 7.89. The minimum atomic E-state index is -3.61. The van der Waals surface area contributed by atoms with Crippen LogP contribution in [0.4, 0.5) is 4.79 Å². The highest BCUT2D eigenvalue weighted by Crippen LogP contribution is 2.24. The number of rotatable bonds is 5. The molecule has 0 aliphatic carbocycles. The minimum absolute atomic E-state index is 0.174. The molecule has 2 aliphatic rings. The third-order valence-electron chi connectivity index (χ3n) is 4.93. The van der Waals surface area contributed by atoms with Gasteiger partial charge in [-0.2, -0.15) is 4.31 Å². The molecule has 148 valence electrons. The van der Waals surface area contributed by atoms with E-state index in [2.05, 4.69) is 5.32 Å². The van der Waals surface area contributed by atoms with Crippen molar-refractivity contribution in [2.75, 3.05) is 33.3 Å². The Kier molecular flexibility index (Phi) is 5.56. The van der Waals surface area contributed by atoms with Crippen LogP contribution in [0.5, 0.6) is 5.75 Å². The van der Waals surface area contributed by atoms with Crippen molar-refractivity contribution in [2.24, 2.45) is 5.92 Å². The summed E-state index contributed by atoms with van der Waals surface area (Å²) >= 11 is 0. The molecule has 1 aromatic carbocycles. The second-order valence-electron chi connectivity index (χ2n) is 6.77. The number of nitrogens with zero attached hydrogens (tertiary/aromatic N) is 2. The van der Waals surface area contributed by atoms with Gasteiger partial charge in [0.25, 0.3) is 0 Å². The number of hydrogen-bond acceptors (Lipinski definition) is 5. The number of amides is 2. The topological polar surface area (TPSA) is 116 Å². The van der Waals surface area contributed by atoms with Gasteiger partial charge in [-0.3, -0.25) is 4.79 Å². The van der Waals surface area contributed by atoms with E-state index in [1.165, 1.54) is 28.4 Å². The number of carboxylic acid groups (broad SMARTS) is 1. The predicted molar refractivity (Wildman–Crippen MR) is 96.0 cm³/mol. The predicted octanol–water partition coefficient (Wildman–Crippen LogP) is 0.574. The summed E-state index contributed by atoms with van der Waals surface area (Å²) in [6.07, 6.45) is 1.21. The largest absolute Gasteiger partial charge is 0.497 e. The van der Waals surface area contributed by atoms with Crippen molar-refractivity contribution >= 4 is 22.0 Å². The van der Waals surface area contributed by atoms with E-state index < -0.39 is 21.9 Å². The van der Waals surface area contributed by atoms with Gasteiger partial charge in [0.2, 0.25) is 10.0 Å². The molecule has 1 unspecified atom stereocenters. The Hall–Kier alpha value is -2.33. The lowest BCUT2D eigenvalue weighted by molar-refractivity contribution is -0.143. The van der Waals surface area contributed by atoms with Crippen molar-refractivity contribution in [2.45, 2.75) is 23.8 Å². The molecule has 0 saturated carbocycles. The van der Waals surface area contributed by atoms with Gasteiger partial charge < -0.3 is 20.1 Å². The fourth-order valence-electron chi connectivity index (χ4n) is 3.25. The summed E-state index contributed by atoms with van der Waals surface area (Å²) in [5.74, 6) is -0.866. The highest BCUT2D eigenvalue weighted by atomic mass is 32.2. The average Bonchev–Trinajstić information content (AvgIpc) is 2.64. The van der Waals surface area contributed by atoms with Crippen LogP contribution in [-0.2, 0) is 14.8 Å². The number of carbonyl (C=O) groups is 2. The zero-order valence-electron chi connectivity index (χ0n) is 15.0. The molecule has 0 spiro atoms. The molecule has 9 nitrogen and oxygen atoms in total. The standard InChI is InChI=1S/C17H23N3O6S/c1-26-14-4-6-15(7-5-14)27(24,25)20-10-13(11-20)18-17(23)19-8-2-3-12(9-19)16(21)22/h4-7,12-13H,2-3,8-11H2,1H3,(H,18,23)(H,21,22). The Morgan fingerprint density at radius 2 is 1.85 bits per heavy atom. The first-order valence-electron chi connectivity index (χ1n) is 8.73. The number of carbonyl (C=O) groups excluding carboxylic acids is 1. The average molecular weight is 397 g/mol. The molecule has 2 amide bonds. The third kappa shape index (κ3) is 4.16. The number of piperidine rings is 1. The maximum Gasteiger partial charge on any atom is 0.317 e. The van der Waals surface area contributed by atoms with Gasteiger partial charge >= 0.3 is 12.0 Å². The summed E-state index contributed by atoms with van der Waals surface area (Å²) in [6.45, 7) is 1.07. The molecule has 0 bridgehead atoms. The van der Waals surface area contributed by atoms with Crippen molar-refractivity contribution in [3.8, 4) is 5.75 Å². The third-order valence-corrected chi connectivity index (χ3v) is 6.78. The molecule has 1 atom stereocenters. The Balaban J connectivity index is 1.52. The number of ether oxygens (including phenoxy) is 1. The van der Waals surface area contributed by atoms with Gasteiger partial charge in [0.15, 0.2) is 0 Å². The minimum Gasteiger partial charge on any atom is -0.497 e. The number of urea groups is 1. The summed E-state index contributed by atoms with van der Waals surface area (Å²) < 4.78 is 31.5. The number of likely N-dealkylation sites (tertiary alicyclic amines) is 1. The van der Waals surface area contributed by atoms with E-state index in [4.69, 9.17) is 9.84 Å². The van der Waals surface area contributed by atoms with Crippen molar-refractivity contribution in [3.63, 3.8) is 0 Å². The quantitative estimate of drug-likeness (QED) is 0.751. The number of aliphatic carboxylic acids is 1. The van der Waals surface area contributed by atoms with Crippen molar-refractivity contribution in [3.05, 3.63) is 24.3 Å². The molecule has 2 aliphatic heterocycles. The smallest absolute Gasteiger partial charge is 0.317 e. The van der Waals surface area contributed by atoms with E-state index in [9.17, 15) is 18.0 Å². The number of methoxy groups -OCH3 is 1. The maximum absolute atomic E-state index is 12.6. The lowest BCUT2D eigenvalue weighted by atomic mass is 9.98. The van der Waals surface area contributed by atoms with E-state index in [1.54, 1.807) is 12.1 Å². The van der Waals surface area contributed by atoms with Crippen LogP contribution in [0, 0.1) is 5.92 Å². The summed E-state index contributed by atoms with van der Waals surface area (Å²) in [7, 11) is -2.10. The molecule has 2 heterocycles. The van der Waals surface area contributed by atoms with Crippen LogP contribution in [0.1, 0.15) is 12.8 Å². The number of benzene rings is 1. The van der Waals surface area contributed by atoms with E-state index in [0.29, 0.717) is 25.1 Å². The lowest BCUT2D eigenvalue weighted by Crippen LogP contribution is -2.63. The van der Waals surface area contributed by atoms with Crippen molar-refractivity contribution in [1.29, 1.82) is 0 Å². The molecule has 27 heavy (non-hydrogen) atoms. The second-order valence-corrected chi connectivity index (χ2v) is 8.71. The SMILES string of the molecule is COc1ccc(S(=O)(=O)N2CC(NC(=O)N3CCCC(C(=O)O)C3)C2)cc1. The van der Waals surface area contributed by atoms with Gasteiger partial charge in [-0.15, -0.1) is 0 Å². The van der Waals surface area contributed by atoms with E-state index >= 15 is 0 Å². The number of hydrogen-bond donors (Lipinski definition) is 2. The summed E-state index contributed by atoms with van der Waals surface area (Å²) in [4.78, 5) is 25.1. The lowest BCUT2D eigenvalue weighted by Gasteiger charge is -2.40. The van der Waals surface area contributed by atoms with E-state index in [1.807, 2.05) is 0 Å². The molecule has 3 rings (SSSR count). The summed E-state index contributed by atoms with van der Waals surface area (Å²) in [6, 6.07) is 5.52. The Bertz CT molecular complexity index is 804. The van der Waals surface area contributed by atoms with E-state index in [-0.39, 0.29) is 36.6 Å². The van der Waals surface area contributed by atoms with Crippen molar-refractivity contribution < 1.29 is 27.9 Å². The molecule has 0 aromatic heterocycles. The molecule has 2 N–H and O–H groups in total. The first kappa shape index (κ1) is 19.4. The van der Waals surface area contributed by atoms with Gasteiger partial charge in [0.05, 0.1) is 24.0 Å². The van der Waals surface area contributed by atoms with Crippen LogP contribution in [0.25, 0.3) is 0 Å². The number of carboxylic acids is 1. The monoisotopic (exact) mass is 397 g/mol. The molecule has 0 radical (unpaired) electrons. The normalized spacial score (nSPS) is 21.4. The van der Waals surface area contributed by atoms with Crippen LogP contribution in [-0.4, -0.2) is 74.1 Å². The molecular weight excluding hydrogens is 374 g/mol. The van der Waals surface area contributed by atoms with Gasteiger partial charge in [0, 0.05) is 26.2 Å². The Labute approximate surface area is 157 Å².